The standard InChI is InChI=1S/C13H17O7P/c1-19-12(14)10-5-6-11(13(15)20-2)9(8-10)4-3-7-21(16,17)18/h5-6,8H,3-4,7H2,1-2H3,(H2,16,17,18). The maximum absolute atomic E-state index is 11.7. The maximum atomic E-state index is 11.7. The van der Waals surface area contributed by atoms with E-state index in [1.807, 2.05) is 0 Å². The molecule has 0 heterocycles. The number of ether oxygens (including phenoxy) is 2. The van der Waals surface area contributed by atoms with Gasteiger partial charge >= 0.3 is 19.5 Å². The van der Waals surface area contributed by atoms with Gasteiger partial charge in [0.05, 0.1) is 31.5 Å². The topological polar surface area (TPSA) is 110 Å². The Morgan fingerprint density at radius 3 is 2.29 bits per heavy atom. The van der Waals surface area contributed by atoms with Crippen molar-refractivity contribution >= 4 is 19.5 Å². The Balaban J connectivity index is 3.02. The number of aryl methyl sites for hydroxylation is 1. The molecule has 0 aliphatic carbocycles. The van der Waals surface area contributed by atoms with Crippen LogP contribution in [0.3, 0.4) is 0 Å². The minimum Gasteiger partial charge on any atom is -0.465 e. The van der Waals surface area contributed by atoms with Crippen LogP contribution < -0.4 is 0 Å². The van der Waals surface area contributed by atoms with Crippen LogP contribution in [0.25, 0.3) is 0 Å². The van der Waals surface area contributed by atoms with E-state index in [2.05, 4.69) is 9.47 Å². The Kier molecular flexibility index (Phi) is 6.08. The van der Waals surface area contributed by atoms with Crippen LogP contribution in [0, 0.1) is 0 Å². The Bertz CT molecular complexity index is 576. The molecule has 1 aromatic carbocycles. The molecular weight excluding hydrogens is 299 g/mol. The molecule has 8 heteroatoms. The van der Waals surface area contributed by atoms with Gasteiger partial charge in [-0.3, -0.25) is 4.57 Å². The highest BCUT2D eigenvalue weighted by molar-refractivity contribution is 7.51. The number of rotatable bonds is 6. The monoisotopic (exact) mass is 316 g/mol. The average molecular weight is 316 g/mol. The van der Waals surface area contributed by atoms with Crippen molar-refractivity contribution in [2.45, 2.75) is 12.8 Å². The quantitative estimate of drug-likeness (QED) is 0.602. The van der Waals surface area contributed by atoms with E-state index in [0.717, 1.165) is 0 Å². The van der Waals surface area contributed by atoms with Gasteiger partial charge in [-0.2, -0.15) is 0 Å². The van der Waals surface area contributed by atoms with Crippen molar-refractivity contribution in [3.05, 3.63) is 34.9 Å². The Labute approximate surface area is 122 Å². The first-order valence-corrected chi connectivity index (χ1v) is 7.92. The van der Waals surface area contributed by atoms with E-state index in [4.69, 9.17) is 9.79 Å². The summed E-state index contributed by atoms with van der Waals surface area (Å²) in [6.07, 6.45) is 0.120. The lowest BCUT2D eigenvalue weighted by Crippen LogP contribution is -2.09. The number of hydrogen-bond acceptors (Lipinski definition) is 5. The highest BCUT2D eigenvalue weighted by Crippen LogP contribution is 2.35. The lowest BCUT2D eigenvalue weighted by molar-refractivity contribution is 0.0585. The normalized spacial score (nSPS) is 11.0. The third kappa shape index (κ3) is 5.30. The molecule has 0 atom stereocenters. The second-order valence-electron chi connectivity index (χ2n) is 4.35. The minimum atomic E-state index is -4.09. The first kappa shape index (κ1) is 17.4. The van der Waals surface area contributed by atoms with Gasteiger partial charge < -0.3 is 19.3 Å². The summed E-state index contributed by atoms with van der Waals surface area (Å²) >= 11 is 0. The van der Waals surface area contributed by atoms with Crippen molar-refractivity contribution in [2.24, 2.45) is 0 Å². The van der Waals surface area contributed by atoms with E-state index in [0.29, 0.717) is 5.56 Å². The van der Waals surface area contributed by atoms with Crippen molar-refractivity contribution in [3.8, 4) is 0 Å². The SMILES string of the molecule is COC(=O)c1ccc(C(=O)OC)c(CCCP(=O)(O)O)c1. The van der Waals surface area contributed by atoms with Crippen LogP contribution in [-0.2, 0) is 20.5 Å². The fraction of sp³-hybridized carbons (Fsp3) is 0.385. The third-order valence-electron chi connectivity index (χ3n) is 2.83. The van der Waals surface area contributed by atoms with Gasteiger partial charge in [0.1, 0.15) is 0 Å². The van der Waals surface area contributed by atoms with Gasteiger partial charge in [-0.1, -0.05) is 0 Å². The number of benzene rings is 1. The summed E-state index contributed by atoms with van der Waals surface area (Å²) in [6.45, 7) is 0. The van der Waals surface area contributed by atoms with Crippen LogP contribution >= 0.6 is 7.60 Å². The number of methoxy groups -OCH3 is 2. The summed E-state index contributed by atoms with van der Waals surface area (Å²) in [6, 6.07) is 4.34. The Hall–Kier alpha value is -1.69. The molecule has 0 fully saturated rings. The maximum Gasteiger partial charge on any atom is 0.338 e. The third-order valence-corrected chi connectivity index (χ3v) is 3.73. The molecule has 0 aromatic heterocycles. The van der Waals surface area contributed by atoms with E-state index in [1.54, 1.807) is 0 Å². The summed E-state index contributed by atoms with van der Waals surface area (Å²) in [4.78, 5) is 40.8. The summed E-state index contributed by atoms with van der Waals surface area (Å²) in [5.74, 6) is -1.12. The second kappa shape index (κ2) is 7.36. The molecule has 0 bridgehead atoms. The molecule has 0 aliphatic rings. The fourth-order valence-corrected chi connectivity index (χ4v) is 2.40. The molecule has 2 N–H and O–H groups in total. The predicted molar refractivity (Wildman–Crippen MR) is 74.4 cm³/mol. The van der Waals surface area contributed by atoms with Gasteiger partial charge in [0, 0.05) is 0 Å². The largest absolute Gasteiger partial charge is 0.465 e. The van der Waals surface area contributed by atoms with Gasteiger partial charge in [-0.05, 0) is 36.6 Å². The van der Waals surface area contributed by atoms with E-state index in [1.165, 1.54) is 32.4 Å². The van der Waals surface area contributed by atoms with Gasteiger partial charge in [-0.15, -0.1) is 0 Å². The number of carbonyl (C=O) groups is 2. The van der Waals surface area contributed by atoms with Crippen LogP contribution in [-0.4, -0.2) is 42.1 Å². The van der Waals surface area contributed by atoms with Crippen LogP contribution in [0.5, 0.6) is 0 Å². The minimum absolute atomic E-state index is 0.179. The molecule has 21 heavy (non-hydrogen) atoms. The van der Waals surface area contributed by atoms with E-state index >= 15 is 0 Å². The molecule has 116 valence electrons. The molecule has 0 unspecified atom stereocenters. The molecule has 7 nitrogen and oxygen atoms in total. The molecule has 0 saturated carbocycles. The smallest absolute Gasteiger partial charge is 0.338 e. The molecule has 0 amide bonds. The van der Waals surface area contributed by atoms with E-state index in [9.17, 15) is 14.2 Å². The Morgan fingerprint density at radius 2 is 1.76 bits per heavy atom. The van der Waals surface area contributed by atoms with Crippen molar-refractivity contribution in [3.63, 3.8) is 0 Å². The first-order valence-electron chi connectivity index (χ1n) is 6.12. The van der Waals surface area contributed by atoms with Gasteiger partial charge in [0.15, 0.2) is 0 Å². The van der Waals surface area contributed by atoms with Crippen LogP contribution in [0.1, 0.15) is 32.7 Å². The molecule has 1 rings (SSSR count). The summed E-state index contributed by atoms with van der Waals surface area (Å²) in [5.41, 5.74) is 1.00. The summed E-state index contributed by atoms with van der Waals surface area (Å²) in [5, 5.41) is 0. The van der Waals surface area contributed by atoms with Crippen LogP contribution in [0.2, 0.25) is 0 Å². The summed E-state index contributed by atoms with van der Waals surface area (Å²) < 4.78 is 20.1. The lowest BCUT2D eigenvalue weighted by atomic mass is 10.00. The molecule has 0 aliphatic heterocycles. The molecule has 0 saturated heterocycles. The fourth-order valence-electron chi connectivity index (χ4n) is 1.83. The molecular formula is C13H17O7P. The molecule has 1 aromatic rings. The van der Waals surface area contributed by atoms with Crippen molar-refractivity contribution in [1.82, 2.24) is 0 Å². The molecule has 0 spiro atoms. The van der Waals surface area contributed by atoms with Crippen LogP contribution in [0.15, 0.2) is 18.2 Å². The van der Waals surface area contributed by atoms with Crippen LogP contribution in [0.4, 0.5) is 0 Å². The van der Waals surface area contributed by atoms with Crippen molar-refractivity contribution < 1.29 is 33.4 Å². The number of esters is 2. The van der Waals surface area contributed by atoms with Crippen molar-refractivity contribution in [2.75, 3.05) is 20.4 Å². The zero-order chi connectivity index (χ0) is 16.0. The molecule has 0 radical (unpaired) electrons. The number of carbonyl (C=O) groups excluding carboxylic acids is 2. The van der Waals surface area contributed by atoms with Gasteiger partial charge in [0.25, 0.3) is 0 Å². The van der Waals surface area contributed by atoms with E-state index in [-0.39, 0.29) is 30.1 Å². The van der Waals surface area contributed by atoms with Gasteiger partial charge in [-0.25, -0.2) is 9.59 Å². The van der Waals surface area contributed by atoms with Gasteiger partial charge in [0.2, 0.25) is 0 Å². The zero-order valence-corrected chi connectivity index (χ0v) is 12.6. The highest BCUT2D eigenvalue weighted by Gasteiger charge is 2.17. The first-order chi connectivity index (χ1) is 9.78. The highest BCUT2D eigenvalue weighted by atomic mass is 31.2. The average Bonchev–Trinajstić information content (AvgIpc) is 2.44. The Morgan fingerprint density at radius 1 is 1.14 bits per heavy atom. The second-order valence-corrected chi connectivity index (χ2v) is 6.12. The predicted octanol–water partition coefficient (Wildman–Crippen LogP) is 1.37. The number of hydrogen-bond donors (Lipinski definition) is 2. The zero-order valence-electron chi connectivity index (χ0n) is 11.7. The lowest BCUT2D eigenvalue weighted by Gasteiger charge is -2.10. The van der Waals surface area contributed by atoms with E-state index < -0.39 is 19.5 Å². The summed E-state index contributed by atoms with van der Waals surface area (Å²) in [7, 11) is -1.62. The van der Waals surface area contributed by atoms with Crippen molar-refractivity contribution in [1.29, 1.82) is 0 Å².